The molecule has 0 heterocycles. The van der Waals surface area contributed by atoms with Gasteiger partial charge in [-0.2, -0.15) is 0 Å². The smallest absolute Gasteiger partial charge is 0.326 e. The summed E-state index contributed by atoms with van der Waals surface area (Å²) in [7, 11) is 1.36. The molecule has 0 aromatic rings. The predicted octanol–water partition coefficient (Wildman–Crippen LogP) is -0.637. The van der Waals surface area contributed by atoms with E-state index < -0.39 is 23.5 Å². The highest BCUT2D eigenvalue weighted by molar-refractivity contribution is 5.88. The van der Waals surface area contributed by atoms with Gasteiger partial charge >= 0.3 is 5.97 Å². The molecule has 0 saturated carbocycles. The number of aliphatic hydroxyl groups excluding tert-OH is 1. The van der Waals surface area contributed by atoms with Crippen LogP contribution in [0.25, 0.3) is 0 Å². The minimum atomic E-state index is -1.18. The summed E-state index contributed by atoms with van der Waals surface area (Å²) < 4.78 is 4.89. The van der Waals surface area contributed by atoms with Crippen LogP contribution in [0.4, 0.5) is 0 Å². The Balaban J connectivity index is 4.41. The number of methoxy groups -OCH3 is 1. The van der Waals surface area contributed by atoms with Gasteiger partial charge in [0.05, 0.1) is 0 Å². The molecular formula is C9H17NO5. The Morgan fingerprint density at radius 2 is 2.00 bits per heavy atom. The van der Waals surface area contributed by atoms with E-state index in [-0.39, 0.29) is 13.0 Å². The first-order valence-electron chi connectivity index (χ1n) is 4.55. The van der Waals surface area contributed by atoms with Crippen LogP contribution in [-0.2, 0) is 14.3 Å². The number of carboxylic acids is 1. The topological polar surface area (TPSA) is 95.9 Å². The molecule has 88 valence electrons. The molecule has 0 aromatic heterocycles. The summed E-state index contributed by atoms with van der Waals surface area (Å²) in [4.78, 5) is 22.2. The summed E-state index contributed by atoms with van der Waals surface area (Å²) in [6.45, 7) is 2.75. The maximum atomic E-state index is 11.5. The first-order chi connectivity index (χ1) is 6.85. The van der Waals surface area contributed by atoms with E-state index in [2.05, 4.69) is 5.32 Å². The van der Waals surface area contributed by atoms with Crippen molar-refractivity contribution < 1.29 is 24.5 Å². The maximum Gasteiger partial charge on any atom is 0.326 e. The molecule has 0 rings (SSSR count). The number of nitrogens with one attached hydrogen (secondary N) is 1. The second-order valence-electron chi connectivity index (χ2n) is 3.59. The normalized spacial score (nSPS) is 13.3. The highest BCUT2D eigenvalue weighted by Crippen LogP contribution is 2.08. The van der Waals surface area contributed by atoms with Crippen molar-refractivity contribution >= 4 is 11.9 Å². The number of carboxylic acid groups (broad SMARTS) is 1. The van der Waals surface area contributed by atoms with Gasteiger partial charge < -0.3 is 20.3 Å². The highest BCUT2D eigenvalue weighted by atomic mass is 16.5. The molecule has 0 saturated heterocycles. The third-order valence-electron chi connectivity index (χ3n) is 2.08. The summed E-state index contributed by atoms with van der Waals surface area (Å²) in [5, 5.41) is 19.6. The van der Waals surface area contributed by atoms with Crippen LogP contribution in [0.1, 0.15) is 20.3 Å². The lowest BCUT2D eigenvalue weighted by atomic mass is 10.1. The minimum Gasteiger partial charge on any atom is -0.480 e. The summed E-state index contributed by atoms with van der Waals surface area (Å²) in [6.07, 6.45) is -0.0269. The maximum absolute atomic E-state index is 11.5. The molecule has 6 nitrogen and oxygen atoms in total. The van der Waals surface area contributed by atoms with Gasteiger partial charge in [-0.05, 0) is 13.8 Å². The SMILES string of the molecule is COC(C)(C)C(=O)NC(CCO)C(=O)O. The first kappa shape index (κ1) is 13.9. The summed E-state index contributed by atoms with van der Waals surface area (Å²) in [5.41, 5.74) is -1.08. The van der Waals surface area contributed by atoms with Crippen LogP contribution >= 0.6 is 0 Å². The van der Waals surface area contributed by atoms with Gasteiger partial charge in [-0.25, -0.2) is 4.79 Å². The van der Waals surface area contributed by atoms with Gasteiger partial charge in [0.2, 0.25) is 0 Å². The fourth-order valence-electron chi connectivity index (χ4n) is 0.811. The average Bonchev–Trinajstić information content (AvgIpc) is 2.16. The summed E-state index contributed by atoms with van der Waals surface area (Å²) >= 11 is 0. The van der Waals surface area contributed by atoms with Gasteiger partial charge in [0.1, 0.15) is 11.6 Å². The minimum absolute atomic E-state index is 0.0269. The highest BCUT2D eigenvalue weighted by Gasteiger charge is 2.30. The fourth-order valence-corrected chi connectivity index (χ4v) is 0.811. The molecule has 1 atom stereocenters. The van der Waals surface area contributed by atoms with Crippen molar-refractivity contribution in [3.05, 3.63) is 0 Å². The van der Waals surface area contributed by atoms with E-state index in [1.807, 2.05) is 0 Å². The van der Waals surface area contributed by atoms with Crippen LogP contribution in [0.3, 0.4) is 0 Å². The average molecular weight is 219 g/mol. The number of amides is 1. The zero-order chi connectivity index (χ0) is 12.1. The second-order valence-corrected chi connectivity index (χ2v) is 3.59. The van der Waals surface area contributed by atoms with Gasteiger partial charge in [-0.1, -0.05) is 0 Å². The van der Waals surface area contributed by atoms with Gasteiger partial charge in [-0.3, -0.25) is 4.79 Å². The molecule has 0 aliphatic heterocycles. The van der Waals surface area contributed by atoms with E-state index in [1.165, 1.54) is 21.0 Å². The van der Waals surface area contributed by atoms with E-state index in [9.17, 15) is 9.59 Å². The summed E-state index contributed by atoms with van der Waals surface area (Å²) in [6, 6.07) is -1.09. The Labute approximate surface area is 88.2 Å². The zero-order valence-corrected chi connectivity index (χ0v) is 9.11. The Hall–Kier alpha value is -1.14. The Bertz CT molecular complexity index is 239. The molecule has 1 unspecified atom stereocenters. The lowest BCUT2D eigenvalue weighted by molar-refractivity contribution is -0.147. The van der Waals surface area contributed by atoms with Gasteiger partial charge in [0.25, 0.3) is 5.91 Å². The van der Waals surface area contributed by atoms with E-state index in [0.717, 1.165) is 0 Å². The van der Waals surface area contributed by atoms with E-state index in [1.54, 1.807) is 0 Å². The molecular weight excluding hydrogens is 202 g/mol. The number of hydrogen-bond acceptors (Lipinski definition) is 4. The Morgan fingerprint density at radius 3 is 2.33 bits per heavy atom. The third-order valence-corrected chi connectivity index (χ3v) is 2.08. The lowest BCUT2D eigenvalue weighted by Crippen LogP contribution is -2.50. The molecule has 0 aliphatic carbocycles. The van der Waals surface area contributed by atoms with Crippen LogP contribution in [0, 0.1) is 0 Å². The number of ether oxygens (including phenoxy) is 1. The molecule has 0 spiro atoms. The number of aliphatic hydroxyl groups is 1. The van der Waals surface area contributed by atoms with E-state index in [0.29, 0.717) is 0 Å². The molecule has 0 aromatic carbocycles. The third kappa shape index (κ3) is 4.26. The van der Waals surface area contributed by atoms with Gasteiger partial charge in [0, 0.05) is 20.1 Å². The van der Waals surface area contributed by atoms with Crippen LogP contribution in [0.15, 0.2) is 0 Å². The standard InChI is InChI=1S/C9H17NO5/c1-9(2,15-3)8(14)10-6(4-5-11)7(12)13/h6,11H,4-5H2,1-3H3,(H,10,14)(H,12,13). The quantitative estimate of drug-likeness (QED) is 0.552. The van der Waals surface area contributed by atoms with Crippen LogP contribution < -0.4 is 5.32 Å². The monoisotopic (exact) mass is 219 g/mol. The van der Waals surface area contributed by atoms with Crippen molar-refractivity contribution in [2.45, 2.75) is 31.9 Å². The molecule has 0 bridgehead atoms. The van der Waals surface area contributed by atoms with Gasteiger partial charge in [0.15, 0.2) is 0 Å². The van der Waals surface area contributed by atoms with Crippen LogP contribution in [0.5, 0.6) is 0 Å². The van der Waals surface area contributed by atoms with Gasteiger partial charge in [-0.15, -0.1) is 0 Å². The molecule has 0 aliphatic rings. The van der Waals surface area contributed by atoms with E-state index >= 15 is 0 Å². The number of aliphatic carboxylic acids is 1. The zero-order valence-electron chi connectivity index (χ0n) is 9.11. The Morgan fingerprint density at radius 1 is 1.47 bits per heavy atom. The summed E-state index contributed by atoms with van der Waals surface area (Å²) in [5.74, 6) is -1.70. The second kappa shape index (κ2) is 5.67. The predicted molar refractivity (Wildman–Crippen MR) is 52.4 cm³/mol. The van der Waals surface area contributed by atoms with Crippen molar-refractivity contribution in [2.75, 3.05) is 13.7 Å². The first-order valence-corrected chi connectivity index (χ1v) is 4.55. The Kier molecular flexibility index (Phi) is 5.24. The molecule has 1 amide bonds. The largest absolute Gasteiger partial charge is 0.480 e. The van der Waals surface area contributed by atoms with Crippen LogP contribution in [0.2, 0.25) is 0 Å². The molecule has 3 N–H and O–H groups in total. The van der Waals surface area contributed by atoms with Crippen molar-refractivity contribution in [2.24, 2.45) is 0 Å². The van der Waals surface area contributed by atoms with Crippen molar-refractivity contribution in [1.82, 2.24) is 5.32 Å². The van der Waals surface area contributed by atoms with Crippen molar-refractivity contribution in [1.29, 1.82) is 0 Å². The van der Waals surface area contributed by atoms with E-state index in [4.69, 9.17) is 14.9 Å². The number of carbonyl (C=O) groups is 2. The molecule has 15 heavy (non-hydrogen) atoms. The molecule has 6 heteroatoms. The fraction of sp³-hybridized carbons (Fsp3) is 0.778. The lowest BCUT2D eigenvalue weighted by Gasteiger charge is -2.24. The van der Waals surface area contributed by atoms with Crippen molar-refractivity contribution in [3.63, 3.8) is 0 Å². The van der Waals surface area contributed by atoms with Crippen molar-refractivity contribution in [3.8, 4) is 0 Å². The number of hydrogen-bond donors (Lipinski definition) is 3. The number of rotatable bonds is 6. The molecule has 0 fully saturated rings. The van der Waals surface area contributed by atoms with Crippen LogP contribution in [-0.4, -0.2) is 47.4 Å². The molecule has 0 radical (unpaired) electrons. The number of carbonyl (C=O) groups excluding carboxylic acids is 1.